The zero-order valence-corrected chi connectivity index (χ0v) is 11.4. The van der Waals surface area contributed by atoms with Crippen LogP contribution in [0.15, 0.2) is 48.7 Å². The molecule has 1 amide bonds. The van der Waals surface area contributed by atoms with Crippen molar-refractivity contribution in [3.05, 3.63) is 65.6 Å². The molecule has 0 spiro atoms. The first-order valence-corrected chi connectivity index (χ1v) is 6.50. The lowest BCUT2D eigenvalue weighted by Crippen LogP contribution is -2.20. The highest BCUT2D eigenvalue weighted by molar-refractivity contribution is 6.15. The maximum atomic E-state index is 12.6. The number of hydrogen-bond acceptors (Lipinski definition) is 3. The lowest BCUT2D eigenvalue weighted by atomic mass is 10.1. The van der Waals surface area contributed by atoms with E-state index in [1.54, 1.807) is 24.4 Å². The van der Waals surface area contributed by atoms with E-state index in [9.17, 15) is 9.59 Å². The summed E-state index contributed by atoms with van der Waals surface area (Å²) in [4.78, 5) is 31.4. The molecule has 0 aliphatic heterocycles. The van der Waals surface area contributed by atoms with Crippen LogP contribution >= 0.6 is 0 Å². The summed E-state index contributed by atoms with van der Waals surface area (Å²) in [7, 11) is 1.53. The van der Waals surface area contributed by atoms with E-state index in [2.05, 4.69) is 15.3 Å². The number of nitrogens with one attached hydrogen (secondary N) is 2. The van der Waals surface area contributed by atoms with Gasteiger partial charge in [-0.15, -0.1) is 0 Å². The molecule has 104 valence electrons. The average molecular weight is 279 g/mol. The van der Waals surface area contributed by atoms with E-state index in [1.165, 1.54) is 7.05 Å². The lowest BCUT2D eigenvalue weighted by molar-refractivity contribution is 0.0958. The number of aromatic amines is 1. The number of para-hydroxylation sites is 1. The van der Waals surface area contributed by atoms with Crippen LogP contribution in [0.1, 0.15) is 26.5 Å². The van der Waals surface area contributed by atoms with Crippen LogP contribution < -0.4 is 5.32 Å². The van der Waals surface area contributed by atoms with E-state index < -0.39 is 0 Å². The zero-order valence-electron chi connectivity index (χ0n) is 11.4. The van der Waals surface area contributed by atoms with Crippen molar-refractivity contribution in [3.8, 4) is 0 Å². The molecule has 0 saturated carbocycles. The quantitative estimate of drug-likeness (QED) is 0.721. The van der Waals surface area contributed by atoms with E-state index >= 15 is 0 Å². The van der Waals surface area contributed by atoms with E-state index in [1.807, 2.05) is 24.3 Å². The predicted octanol–water partition coefficient (Wildman–Crippen LogP) is 2.15. The van der Waals surface area contributed by atoms with Gasteiger partial charge in [0.1, 0.15) is 11.4 Å². The molecule has 0 aliphatic rings. The van der Waals surface area contributed by atoms with Crippen molar-refractivity contribution in [2.75, 3.05) is 7.05 Å². The number of ketones is 1. The number of fused-ring (bicyclic) bond motifs is 1. The third-order valence-electron chi connectivity index (χ3n) is 3.28. The van der Waals surface area contributed by atoms with Crippen LogP contribution in [0.4, 0.5) is 0 Å². The molecule has 3 rings (SSSR count). The van der Waals surface area contributed by atoms with Crippen molar-refractivity contribution in [2.45, 2.75) is 0 Å². The maximum absolute atomic E-state index is 12.6. The van der Waals surface area contributed by atoms with Crippen LogP contribution in [0.2, 0.25) is 0 Å². The first-order chi connectivity index (χ1) is 10.2. The number of H-pyrrole nitrogens is 1. The lowest BCUT2D eigenvalue weighted by Gasteiger charge is -2.02. The maximum Gasteiger partial charge on any atom is 0.269 e. The first kappa shape index (κ1) is 13.1. The number of hydrogen-bond donors (Lipinski definition) is 2. The number of rotatable bonds is 3. The van der Waals surface area contributed by atoms with E-state index in [0.29, 0.717) is 5.56 Å². The average Bonchev–Trinajstić information content (AvgIpc) is 2.97. The molecule has 2 aromatic heterocycles. The summed E-state index contributed by atoms with van der Waals surface area (Å²) in [5, 5.41) is 3.34. The summed E-state index contributed by atoms with van der Waals surface area (Å²) in [6.45, 7) is 0. The largest absolute Gasteiger partial charge is 0.360 e. The Labute approximate surface area is 121 Å². The second-order valence-electron chi connectivity index (χ2n) is 4.56. The molecule has 0 bridgehead atoms. The highest BCUT2D eigenvalue weighted by Gasteiger charge is 2.16. The molecule has 5 heteroatoms. The Bertz CT molecular complexity index is 836. The Morgan fingerprint density at radius 3 is 2.62 bits per heavy atom. The van der Waals surface area contributed by atoms with Crippen molar-refractivity contribution in [2.24, 2.45) is 0 Å². The summed E-state index contributed by atoms with van der Waals surface area (Å²) in [6.07, 6.45) is 1.67. The fourth-order valence-electron chi connectivity index (χ4n) is 2.21. The number of carbonyl (C=O) groups excluding carboxylic acids is 2. The number of amides is 1. The van der Waals surface area contributed by atoms with E-state index in [0.717, 1.165) is 10.9 Å². The number of pyridine rings is 1. The van der Waals surface area contributed by atoms with Crippen LogP contribution in [0.25, 0.3) is 10.9 Å². The molecule has 2 N–H and O–H groups in total. The highest BCUT2D eigenvalue weighted by atomic mass is 16.2. The molecular weight excluding hydrogens is 266 g/mol. The third-order valence-corrected chi connectivity index (χ3v) is 3.28. The summed E-state index contributed by atoms with van der Waals surface area (Å²) in [6, 6.07) is 12.4. The van der Waals surface area contributed by atoms with Gasteiger partial charge in [-0.1, -0.05) is 24.3 Å². The molecule has 0 saturated heterocycles. The summed E-state index contributed by atoms with van der Waals surface area (Å²) >= 11 is 0. The minimum Gasteiger partial charge on any atom is -0.360 e. The fraction of sp³-hybridized carbons (Fsp3) is 0.0625. The first-order valence-electron chi connectivity index (χ1n) is 6.50. The number of benzene rings is 1. The van der Waals surface area contributed by atoms with Crippen LogP contribution in [-0.4, -0.2) is 28.7 Å². The molecule has 21 heavy (non-hydrogen) atoms. The van der Waals surface area contributed by atoms with Crippen LogP contribution in [0.3, 0.4) is 0 Å². The van der Waals surface area contributed by atoms with Gasteiger partial charge in [-0.3, -0.25) is 9.59 Å². The SMILES string of the molecule is CNC(=O)c1cccc(C(=O)c2c[nH]c3ccccc23)n1. The molecule has 0 aliphatic carbocycles. The number of carbonyl (C=O) groups is 2. The normalized spacial score (nSPS) is 10.5. The highest BCUT2D eigenvalue weighted by Crippen LogP contribution is 2.20. The Balaban J connectivity index is 2.04. The van der Waals surface area contributed by atoms with Gasteiger partial charge in [0.25, 0.3) is 5.91 Å². The fourth-order valence-corrected chi connectivity index (χ4v) is 2.21. The molecule has 0 atom stereocenters. The van der Waals surface area contributed by atoms with Gasteiger partial charge < -0.3 is 10.3 Å². The van der Waals surface area contributed by atoms with Gasteiger partial charge in [-0.25, -0.2) is 4.98 Å². The van der Waals surface area contributed by atoms with Gasteiger partial charge in [-0.2, -0.15) is 0 Å². The summed E-state index contributed by atoms with van der Waals surface area (Å²) in [5.74, 6) is -0.526. The minimum absolute atomic E-state index is 0.210. The van der Waals surface area contributed by atoms with Crippen LogP contribution in [0, 0.1) is 0 Å². The molecule has 1 aromatic carbocycles. The molecule has 2 heterocycles. The Kier molecular flexibility index (Phi) is 3.23. The van der Waals surface area contributed by atoms with E-state index in [4.69, 9.17) is 0 Å². The summed E-state index contributed by atoms with van der Waals surface area (Å²) in [5.41, 5.74) is 1.92. The molecule has 0 radical (unpaired) electrons. The van der Waals surface area contributed by atoms with Gasteiger partial charge in [0, 0.05) is 29.7 Å². The molecular formula is C16H13N3O2. The minimum atomic E-state index is -0.316. The predicted molar refractivity (Wildman–Crippen MR) is 79.4 cm³/mol. The second kappa shape index (κ2) is 5.20. The van der Waals surface area contributed by atoms with Gasteiger partial charge >= 0.3 is 0 Å². The molecule has 3 aromatic rings. The Morgan fingerprint density at radius 2 is 1.81 bits per heavy atom. The number of nitrogens with zero attached hydrogens (tertiary/aromatic N) is 1. The molecule has 0 unspecified atom stereocenters. The Morgan fingerprint density at radius 1 is 1.05 bits per heavy atom. The van der Waals surface area contributed by atoms with Crippen LogP contribution in [-0.2, 0) is 0 Å². The standard InChI is InChI=1S/C16H13N3O2/c1-17-16(21)14-8-4-7-13(19-14)15(20)11-9-18-12-6-3-2-5-10(11)12/h2-9,18H,1H3,(H,17,21). The third kappa shape index (κ3) is 2.29. The number of aromatic nitrogens is 2. The second-order valence-corrected chi connectivity index (χ2v) is 4.56. The topological polar surface area (TPSA) is 74.8 Å². The Hall–Kier alpha value is -2.95. The summed E-state index contributed by atoms with van der Waals surface area (Å²) < 4.78 is 0. The van der Waals surface area contributed by atoms with Gasteiger partial charge in [0.15, 0.2) is 0 Å². The zero-order chi connectivity index (χ0) is 14.8. The monoisotopic (exact) mass is 279 g/mol. The smallest absolute Gasteiger partial charge is 0.269 e. The van der Waals surface area contributed by atoms with Crippen molar-refractivity contribution in [1.82, 2.24) is 15.3 Å². The van der Waals surface area contributed by atoms with E-state index in [-0.39, 0.29) is 23.1 Å². The van der Waals surface area contributed by atoms with Crippen molar-refractivity contribution in [3.63, 3.8) is 0 Å². The van der Waals surface area contributed by atoms with Gasteiger partial charge in [0.05, 0.1) is 0 Å². The van der Waals surface area contributed by atoms with Crippen molar-refractivity contribution in [1.29, 1.82) is 0 Å². The van der Waals surface area contributed by atoms with Gasteiger partial charge in [0.2, 0.25) is 5.78 Å². The molecule has 0 fully saturated rings. The van der Waals surface area contributed by atoms with Crippen molar-refractivity contribution >= 4 is 22.6 Å². The van der Waals surface area contributed by atoms with Crippen LogP contribution in [0.5, 0.6) is 0 Å². The molecule has 5 nitrogen and oxygen atoms in total. The van der Waals surface area contributed by atoms with Gasteiger partial charge in [-0.05, 0) is 18.2 Å². The van der Waals surface area contributed by atoms with Crippen molar-refractivity contribution < 1.29 is 9.59 Å².